The average molecular weight is 518 g/mol. The second-order valence-electron chi connectivity index (χ2n) is 7.65. The van der Waals surface area contributed by atoms with Gasteiger partial charge in [-0.2, -0.15) is 13.2 Å². The second-order valence-corrected chi connectivity index (χ2v) is 8.56. The maximum Gasteiger partial charge on any atom is 0.416 e. The monoisotopic (exact) mass is 517 g/mol. The maximum atomic E-state index is 13.5. The highest BCUT2D eigenvalue weighted by Gasteiger charge is 2.60. The van der Waals surface area contributed by atoms with E-state index < -0.39 is 41.6 Å². The van der Waals surface area contributed by atoms with Gasteiger partial charge in [-0.25, -0.2) is 9.96 Å². The van der Waals surface area contributed by atoms with Crippen molar-refractivity contribution < 1.29 is 27.6 Å². The van der Waals surface area contributed by atoms with E-state index in [-0.39, 0.29) is 5.69 Å². The van der Waals surface area contributed by atoms with Gasteiger partial charge < -0.3 is 0 Å². The Morgan fingerprint density at radius 1 is 0.939 bits per heavy atom. The number of fused-ring (bicyclic) bond motifs is 1. The number of rotatable bonds is 3. The number of hydroxylamine groups is 1. The summed E-state index contributed by atoms with van der Waals surface area (Å²) in [5.74, 6) is -2.30. The van der Waals surface area contributed by atoms with Crippen molar-refractivity contribution >= 4 is 39.1 Å². The zero-order valence-electron chi connectivity index (χ0n) is 16.7. The Labute approximate surface area is 194 Å². The molecule has 6 nitrogen and oxygen atoms in total. The molecule has 3 atom stereocenters. The largest absolute Gasteiger partial charge is 0.416 e. The Morgan fingerprint density at radius 2 is 1.70 bits per heavy atom. The molecule has 3 heterocycles. The number of aromatic nitrogens is 1. The van der Waals surface area contributed by atoms with Gasteiger partial charge >= 0.3 is 6.18 Å². The number of amides is 2. The van der Waals surface area contributed by atoms with Crippen LogP contribution < -0.4 is 9.96 Å². The van der Waals surface area contributed by atoms with Gasteiger partial charge in [-0.3, -0.25) is 19.4 Å². The summed E-state index contributed by atoms with van der Waals surface area (Å²) in [5, 5.41) is 1.50. The first-order valence-corrected chi connectivity index (χ1v) is 10.7. The minimum Gasteiger partial charge on any atom is -0.273 e. The van der Waals surface area contributed by atoms with E-state index in [0.717, 1.165) is 21.5 Å². The van der Waals surface area contributed by atoms with Gasteiger partial charge in [0.25, 0.3) is 5.91 Å². The lowest BCUT2D eigenvalue weighted by atomic mass is 9.91. The van der Waals surface area contributed by atoms with E-state index in [1.54, 1.807) is 48.8 Å². The van der Waals surface area contributed by atoms with Gasteiger partial charge in [0.05, 0.1) is 23.0 Å². The Hall–Kier alpha value is -3.24. The van der Waals surface area contributed by atoms with E-state index in [4.69, 9.17) is 4.84 Å². The van der Waals surface area contributed by atoms with Gasteiger partial charge in [-0.1, -0.05) is 28.1 Å². The van der Waals surface area contributed by atoms with E-state index in [0.29, 0.717) is 11.3 Å². The minimum atomic E-state index is -4.61. The molecule has 0 spiro atoms. The molecule has 1 aromatic heterocycles. The quantitative estimate of drug-likeness (QED) is 0.461. The van der Waals surface area contributed by atoms with Gasteiger partial charge in [-0.05, 0) is 54.1 Å². The summed E-state index contributed by atoms with van der Waals surface area (Å²) < 4.78 is 40.4. The first-order valence-electron chi connectivity index (χ1n) is 9.92. The van der Waals surface area contributed by atoms with Crippen LogP contribution in [0.1, 0.15) is 17.2 Å². The molecule has 0 radical (unpaired) electrons. The highest BCUT2D eigenvalue weighted by Crippen LogP contribution is 2.47. The number of pyridine rings is 1. The molecule has 0 N–H and O–H groups in total. The van der Waals surface area contributed by atoms with Gasteiger partial charge in [0.15, 0.2) is 6.10 Å². The molecule has 0 unspecified atom stereocenters. The van der Waals surface area contributed by atoms with Crippen LogP contribution in [-0.2, 0) is 20.6 Å². The molecule has 5 rings (SSSR count). The third kappa shape index (κ3) is 3.68. The topological polar surface area (TPSA) is 62.7 Å². The fourth-order valence-corrected chi connectivity index (χ4v) is 4.46. The van der Waals surface area contributed by atoms with Gasteiger partial charge in [0, 0.05) is 16.9 Å². The van der Waals surface area contributed by atoms with Crippen LogP contribution in [-0.4, -0.2) is 22.9 Å². The van der Waals surface area contributed by atoms with E-state index in [9.17, 15) is 22.8 Å². The van der Waals surface area contributed by atoms with Crippen molar-refractivity contribution in [2.24, 2.45) is 5.92 Å². The van der Waals surface area contributed by atoms with E-state index >= 15 is 0 Å². The number of halogens is 4. The Balaban J connectivity index is 1.56. The summed E-state index contributed by atoms with van der Waals surface area (Å²) in [7, 11) is 0. The normalized spacial score (nSPS) is 22.7. The van der Waals surface area contributed by atoms with Crippen LogP contribution >= 0.6 is 15.9 Å². The smallest absolute Gasteiger partial charge is 0.273 e. The fourth-order valence-electron chi connectivity index (χ4n) is 4.19. The molecule has 33 heavy (non-hydrogen) atoms. The van der Waals surface area contributed by atoms with Crippen LogP contribution in [0.15, 0.2) is 77.5 Å². The third-order valence-corrected chi connectivity index (χ3v) is 6.18. The molecule has 2 aromatic carbocycles. The molecule has 2 fully saturated rings. The molecule has 10 heteroatoms. The van der Waals surface area contributed by atoms with Gasteiger partial charge in [0.2, 0.25) is 5.91 Å². The maximum absolute atomic E-state index is 13.5. The number of alkyl halides is 3. The average Bonchev–Trinajstić information content (AvgIpc) is 3.30. The van der Waals surface area contributed by atoms with Crippen LogP contribution in [0.4, 0.5) is 24.5 Å². The zero-order valence-corrected chi connectivity index (χ0v) is 18.3. The number of hydrogen-bond donors (Lipinski definition) is 0. The number of hydrogen-bond acceptors (Lipinski definition) is 5. The second kappa shape index (κ2) is 7.96. The summed E-state index contributed by atoms with van der Waals surface area (Å²) >= 11 is 3.37. The van der Waals surface area contributed by atoms with Crippen LogP contribution in [0.5, 0.6) is 0 Å². The SMILES string of the molecule is O=C1[C@@H]2[C@H](ON(c3ccc(Br)cc3)[C@@H]2c2cccnc2)C(=O)N1c1cccc(C(F)(F)F)c1. The van der Waals surface area contributed by atoms with E-state index in [1.807, 2.05) is 0 Å². The van der Waals surface area contributed by atoms with E-state index in [2.05, 4.69) is 20.9 Å². The third-order valence-electron chi connectivity index (χ3n) is 5.65. The highest BCUT2D eigenvalue weighted by molar-refractivity contribution is 9.10. The summed E-state index contributed by atoms with van der Waals surface area (Å²) in [5.41, 5.74) is 0.171. The molecule has 0 aliphatic carbocycles. The van der Waals surface area contributed by atoms with Crippen LogP contribution in [0.3, 0.4) is 0 Å². The van der Waals surface area contributed by atoms with Crippen LogP contribution in [0.25, 0.3) is 0 Å². The number of imide groups is 1. The molecule has 168 valence electrons. The molecule has 3 aromatic rings. The lowest BCUT2D eigenvalue weighted by Crippen LogP contribution is -2.37. The Morgan fingerprint density at radius 3 is 2.36 bits per heavy atom. The summed E-state index contributed by atoms with van der Waals surface area (Å²) in [4.78, 5) is 37.6. The number of nitrogens with zero attached hydrogens (tertiary/aromatic N) is 3. The number of carbonyl (C=O) groups is 2. The Kier molecular flexibility index (Phi) is 5.21. The van der Waals surface area contributed by atoms with Crippen molar-refractivity contribution in [3.8, 4) is 0 Å². The summed E-state index contributed by atoms with van der Waals surface area (Å²) in [6.45, 7) is 0. The number of benzene rings is 2. The van der Waals surface area contributed by atoms with Crippen molar-refractivity contribution in [1.29, 1.82) is 0 Å². The molecule has 2 aliphatic heterocycles. The first kappa shape index (κ1) is 21.6. The van der Waals surface area contributed by atoms with E-state index in [1.165, 1.54) is 17.2 Å². The fraction of sp³-hybridized carbons (Fsp3) is 0.174. The van der Waals surface area contributed by atoms with Crippen LogP contribution in [0.2, 0.25) is 0 Å². The lowest BCUT2D eigenvalue weighted by Gasteiger charge is -2.28. The summed E-state index contributed by atoms with van der Waals surface area (Å²) in [6, 6.07) is 14.1. The molecular formula is C23H15BrF3N3O3. The van der Waals surface area contributed by atoms with Crippen molar-refractivity contribution in [3.63, 3.8) is 0 Å². The molecule has 2 amide bonds. The van der Waals surface area contributed by atoms with Crippen molar-refractivity contribution in [2.75, 3.05) is 9.96 Å². The predicted molar refractivity (Wildman–Crippen MR) is 116 cm³/mol. The van der Waals surface area contributed by atoms with Gasteiger partial charge in [0.1, 0.15) is 5.92 Å². The molecule has 0 bridgehead atoms. The molecule has 2 saturated heterocycles. The predicted octanol–water partition coefficient (Wildman–Crippen LogP) is 4.91. The van der Waals surface area contributed by atoms with Crippen molar-refractivity contribution in [3.05, 3.63) is 88.7 Å². The molecular weight excluding hydrogens is 503 g/mol. The standard InChI is InChI=1S/C23H15BrF3N3O3/c24-15-6-8-16(9-7-15)30-19(13-3-2-10-28-12-13)18-20(33-30)22(32)29(21(18)31)17-5-1-4-14(11-17)23(25,26)27/h1-12,18-20H/t18-,19+,20-/m0/s1. The minimum absolute atomic E-state index is 0.141. The summed E-state index contributed by atoms with van der Waals surface area (Å²) in [6.07, 6.45) is -2.63. The lowest BCUT2D eigenvalue weighted by molar-refractivity contribution is -0.137. The number of carbonyl (C=O) groups excluding carboxylic acids is 2. The Bertz CT molecular complexity index is 1220. The van der Waals surface area contributed by atoms with Gasteiger partial charge in [-0.15, -0.1) is 0 Å². The molecule has 0 saturated carbocycles. The molecule has 2 aliphatic rings. The first-order chi connectivity index (χ1) is 15.8. The van der Waals surface area contributed by atoms with Crippen molar-refractivity contribution in [1.82, 2.24) is 4.98 Å². The zero-order chi connectivity index (χ0) is 23.3. The van der Waals surface area contributed by atoms with Crippen molar-refractivity contribution in [2.45, 2.75) is 18.3 Å². The number of anilines is 2. The highest BCUT2D eigenvalue weighted by atomic mass is 79.9. The van der Waals surface area contributed by atoms with Crippen LogP contribution in [0, 0.1) is 5.92 Å².